The maximum atomic E-state index is 2.75. The SMILES string of the molecule is Cl.[13CH3]N[13CH3]. The summed E-state index contributed by atoms with van der Waals surface area (Å²) >= 11 is 0. The van der Waals surface area contributed by atoms with Crippen molar-refractivity contribution >= 4 is 12.4 Å². The molecule has 0 amide bonds. The fourth-order valence-electron chi connectivity index (χ4n) is 0. The minimum Gasteiger partial charge on any atom is -0.323 e. The van der Waals surface area contributed by atoms with Crippen molar-refractivity contribution in [2.75, 3.05) is 14.1 Å². The standard InChI is InChI=1S/C2H7N.ClH/c1-3-2;/h3H,1-2H3;1H/i1+1,2+1;. The van der Waals surface area contributed by atoms with Crippen LogP contribution in [0.4, 0.5) is 0 Å². The Morgan fingerprint density at radius 1 is 1.25 bits per heavy atom. The van der Waals surface area contributed by atoms with E-state index in [2.05, 4.69) is 5.32 Å². The number of halogens is 1. The molecule has 0 rings (SSSR count). The van der Waals surface area contributed by atoms with Gasteiger partial charge in [-0.1, -0.05) is 0 Å². The van der Waals surface area contributed by atoms with Gasteiger partial charge in [-0.3, -0.25) is 0 Å². The van der Waals surface area contributed by atoms with Crippen molar-refractivity contribution in [1.29, 1.82) is 0 Å². The van der Waals surface area contributed by atoms with Crippen LogP contribution < -0.4 is 5.32 Å². The number of rotatable bonds is 0. The summed E-state index contributed by atoms with van der Waals surface area (Å²) in [6, 6.07) is 0. The quantitative estimate of drug-likeness (QED) is 0.414. The lowest BCUT2D eigenvalue weighted by Gasteiger charge is -1.59. The molecule has 0 aliphatic heterocycles. The molecular weight excluding hydrogens is 75.5 g/mol. The molecule has 1 nitrogen and oxygen atoms in total. The molecule has 0 aromatic heterocycles. The molecule has 2 heteroatoms. The monoisotopic (exact) mass is 83.0 g/mol. The highest BCUT2D eigenvalue weighted by Gasteiger charge is 1.25. The van der Waals surface area contributed by atoms with Crippen LogP contribution in [0.15, 0.2) is 0 Å². The van der Waals surface area contributed by atoms with Crippen molar-refractivity contribution in [3.8, 4) is 0 Å². The molecule has 0 aliphatic carbocycles. The van der Waals surface area contributed by atoms with Crippen molar-refractivity contribution < 1.29 is 0 Å². The molecule has 0 radical (unpaired) electrons. The Morgan fingerprint density at radius 2 is 1.25 bits per heavy atom. The second kappa shape index (κ2) is 10.5. The summed E-state index contributed by atoms with van der Waals surface area (Å²) in [7, 11) is 3.75. The van der Waals surface area contributed by atoms with Gasteiger partial charge in [-0.2, -0.15) is 0 Å². The first kappa shape index (κ1) is 8.87. The molecule has 0 heterocycles. The number of hydrogen-bond donors (Lipinski definition) is 1. The lowest BCUT2D eigenvalue weighted by molar-refractivity contribution is 1.02. The summed E-state index contributed by atoms with van der Waals surface area (Å²) in [5.41, 5.74) is 0. The van der Waals surface area contributed by atoms with Gasteiger partial charge < -0.3 is 5.32 Å². The van der Waals surface area contributed by atoms with Gasteiger partial charge in [0, 0.05) is 0 Å². The van der Waals surface area contributed by atoms with E-state index >= 15 is 0 Å². The van der Waals surface area contributed by atoms with E-state index < -0.39 is 0 Å². The van der Waals surface area contributed by atoms with E-state index in [9.17, 15) is 0 Å². The molecule has 28 valence electrons. The minimum absolute atomic E-state index is 0. The number of hydrogen-bond acceptors (Lipinski definition) is 1. The van der Waals surface area contributed by atoms with E-state index in [1.165, 1.54) is 0 Å². The normalized spacial score (nSPS) is 4.50. The van der Waals surface area contributed by atoms with Crippen LogP contribution in [0.25, 0.3) is 0 Å². The lowest BCUT2D eigenvalue weighted by Crippen LogP contribution is -1.89. The molecule has 0 aromatic rings. The van der Waals surface area contributed by atoms with Crippen molar-refractivity contribution in [3.05, 3.63) is 0 Å². The highest BCUT2D eigenvalue weighted by molar-refractivity contribution is 5.85. The fourth-order valence-corrected chi connectivity index (χ4v) is 0. The van der Waals surface area contributed by atoms with Crippen molar-refractivity contribution in [2.24, 2.45) is 0 Å². The minimum atomic E-state index is 0. The third-order valence-corrected chi connectivity index (χ3v) is 0. The van der Waals surface area contributed by atoms with E-state index in [1.54, 1.807) is 0 Å². The van der Waals surface area contributed by atoms with Crippen LogP contribution in [-0.4, -0.2) is 14.1 Å². The van der Waals surface area contributed by atoms with E-state index in [1.807, 2.05) is 14.1 Å². The molecular formula is C2H8ClN. The topological polar surface area (TPSA) is 12.0 Å². The summed E-state index contributed by atoms with van der Waals surface area (Å²) in [4.78, 5) is 0. The van der Waals surface area contributed by atoms with Crippen molar-refractivity contribution in [1.82, 2.24) is 5.32 Å². The molecule has 0 bridgehead atoms. The molecule has 0 unspecified atom stereocenters. The molecule has 0 aliphatic rings. The zero-order valence-corrected chi connectivity index (χ0v) is 3.72. The third kappa shape index (κ3) is 56.3. The molecule has 0 spiro atoms. The van der Waals surface area contributed by atoms with Gasteiger partial charge in [0.05, 0.1) is 0 Å². The molecule has 1 N–H and O–H groups in total. The van der Waals surface area contributed by atoms with Gasteiger partial charge in [-0.25, -0.2) is 0 Å². The van der Waals surface area contributed by atoms with Crippen molar-refractivity contribution in [3.63, 3.8) is 0 Å². The Balaban J connectivity index is 0. The maximum absolute atomic E-state index is 2.75. The van der Waals surface area contributed by atoms with Gasteiger partial charge in [0.1, 0.15) is 0 Å². The van der Waals surface area contributed by atoms with Crippen LogP contribution in [0.5, 0.6) is 0 Å². The molecule has 0 aromatic carbocycles. The Morgan fingerprint density at radius 3 is 1.25 bits per heavy atom. The molecule has 0 fully saturated rings. The van der Waals surface area contributed by atoms with E-state index in [0.717, 1.165) is 0 Å². The zero-order valence-electron chi connectivity index (χ0n) is 2.91. The van der Waals surface area contributed by atoms with Crippen LogP contribution in [0.2, 0.25) is 0 Å². The third-order valence-electron chi connectivity index (χ3n) is 0. The Hall–Kier alpha value is 0.250. The van der Waals surface area contributed by atoms with E-state index in [0.29, 0.717) is 0 Å². The second-order valence-corrected chi connectivity index (χ2v) is 0.500. The summed E-state index contributed by atoms with van der Waals surface area (Å²) < 4.78 is 0. The van der Waals surface area contributed by atoms with Gasteiger partial charge in [-0.15, -0.1) is 12.4 Å². The molecule has 4 heavy (non-hydrogen) atoms. The average molecular weight is 83.5 g/mol. The highest BCUT2D eigenvalue weighted by atomic mass is 35.5. The van der Waals surface area contributed by atoms with Crippen LogP contribution >= 0.6 is 12.4 Å². The predicted molar refractivity (Wildman–Crippen MR) is 22.2 cm³/mol. The number of nitrogens with one attached hydrogen (secondary N) is 1. The maximum Gasteiger partial charge on any atom is -0.0167 e. The average Bonchev–Trinajstić information content (AvgIpc) is 0.918. The lowest BCUT2D eigenvalue weighted by atomic mass is 12.0. The van der Waals surface area contributed by atoms with Crippen LogP contribution in [0.3, 0.4) is 0 Å². The summed E-state index contributed by atoms with van der Waals surface area (Å²) in [6.45, 7) is 0. The Bertz CT molecular complexity index is 6.00. The van der Waals surface area contributed by atoms with Gasteiger partial charge in [0.2, 0.25) is 0 Å². The van der Waals surface area contributed by atoms with Crippen molar-refractivity contribution in [2.45, 2.75) is 0 Å². The molecule has 0 saturated carbocycles. The van der Waals surface area contributed by atoms with Crippen LogP contribution in [-0.2, 0) is 0 Å². The van der Waals surface area contributed by atoms with Gasteiger partial charge >= 0.3 is 0 Å². The summed E-state index contributed by atoms with van der Waals surface area (Å²) in [5, 5.41) is 2.75. The smallest absolute Gasteiger partial charge is 0.0167 e. The van der Waals surface area contributed by atoms with Crippen LogP contribution in [0, 0.1) is 0 Å². The first-order valence-corrected chi connectivity index (χ1v) is 1.00. The Kier molecular flexibility index (Phi) is 23.3. The van der Waals surface area contributed by atoms with E-state index in [-0.39, 0.29) is 12.4 Å². The zero-order chi connectivity index (χ0) is 2.71. The fraction of sp³-hybridized carbons (Fsp3) is 1.00. The van der Waals surface area contributed by atoms with Gasteiger partial charge in [-0.05, 0) is 14.1 Å². The van der Waals surface area contributed by atoms with Gasteiger partial charge in [0.25, 0.3) is 0 Å². The van der Waals surface area contributed by atoms with Gasteiger partial charge in [0.15, 0.2) is 0 Å². The summed E-state index contributed by atoms with van der Waals surface area (Å²) in [6.07, 6.45) is 0. The van der Waals surface area contributed by atoms with Crippen LogP contribution in [0.1, 0.15) is 0 Å². The Labute approximate surface area is 32.8 Å². The highest BCUT2D eigenvalue weighted by Crippen LogP contribution is 0.981. The molecule has 0 saturated heterocycles. The summed E-state index contributed by atoms with van der Waals surface area (Å²) in [5.74, 6) is 0. The van der Waals surface area contributed by atoms with E-state index in [4.69, 9.17) is 0 Å². The molecule has 0 atom stereocenters. The first-order chi connectivity index (χ1) is 1.41. The predicted octanol–water partition coefficient (Wildman–Crippen LogP) is 0.257. The first-order valence-electron chi connectivity index (χ1n) is 1.00. The second-order valence-electron chi connectivity index (χ2n) is 0.500. The largest absolute Gasteiger partial charge is 0.323 e.